The fraction of sp³-hybridized carbons (Fsp3) is 1.00. The van der Waals surface area contributed by atoms with E-state index in [1.165, 1.54) is 19.4 Å². The van der Waals surface area contributed by atoms with Crippen LogP contribution in [0.1, 0.15) is 33.1 Å². The SMILES string of the molecule is CCC1(C)CN(CCOCCCOC)CCCN1. The van der Waals surface area contributed by atoms with Crippen molar-refractivity contribution >= 4 is 0 Å². The van der Waals surface area contributed by atoms with E-state index in [4.69, 9.17) is 9.47 Å². The quantitative estimate of drug-likeness (QED) is 0.669. The lowest BCUT2D eigenvalue weighted by Crippen LogP contribution is -2.49. The number of ether oxygens (including phenoxy) is 2. The van der Waals surface area contributed by atoms with E-state index in [1.807, 2.05) is 0 Å². The Morgan fingerprint density at radius 3 is 2.83 bits per heavy atom. The lowest BCUT2D eigenvalue weighted by Gasteiger charge is -2.32. The molecule has 1 atom stereocenters. The molecule has 0 amide bonds. The summed E-state index contributed by atoms with van der Waals surface area (Å²) in [7, 11) is 1.73. The second kappa shape index (κ2) is 8.86. The highest BCUT2D eigenvalue weighted by atomic mass is 16.5. The summed E-state index contributed by atoms with van der Waals surface area (Å²) in [4.78, 5) is 2.53. The normalized spacial score (nSPS) is 26.2. The lowest BCUT2D eigenvalue weighted by atomic mass is 9.99. The van der Waals surface area contributed by atoms with E-state index >= 15 is 0 Å². The van der Waals surface area contributed by atoms with E-state index in [-0.39, 0.29) is 5.54 Å². The van der Waals surface area contributed by atoms with Gasteiger partial charge in [0.1, 0.15) is 0 Å². The topological polar surface area (TPSA) is 33.7 Å². The second-order valence-corrected chi connectivity index (χ2v) is 5.43. The first-order chi connectivity index (χ1) is 8.70. The number of hydrogen-bond donors (Lipinski definition) is 1. The Bertz CT molecular complexity index is 214. The Morgan fingerprint density at radius 1 is 1.28 bits per heavy atom. The number of nitrogens with zero attached hydrogens (tertiary/aromatic N) is 1. The van der Waals surface area contributed by atoms with Crippen LogP contribution in [0.3, 0.4) is 0 Å². The molecule has 1 unspecified atom stereocenters. The summed E-state index contributed by atoms with van der Waals surface area (Å²) in [6, 6.07) is 0. The molecule has 1 heterocycles. The first kappa shape index (κ1) is 15.9. The minimum atomic E-state index is 0.270. The van der Waals surface area contributed by atoms with Crippen LogP contribution in [0.25, 0.3) is 0 Å². The van der Waals surface area contributed by atoms with Crippen LogP contribution >= 0.6 is 0 Å². The Hall–Kier alpha value is -0.160. The zero-order valence-corrected chi connectivity index (χ0v) is 12.3. The van der Waals surface area contributed by atoms with Crippen molar-refractivity contribution < 1.29 is 9.47 Å². The predicted molar refractivity (Wildman–Crippen MR) is 75.1 cm³/mol. The van der Waals surface area contributed by atoms with Crippen molar-refractivity contribution in [2.75, 3.05) is 53.1 Å². The summed E-state index contributed by atoms with van der Waals surface area (Å²) in [5.74, 6) is 0. The molecule has 0 aromatic rings. The van der Waals surface area contributed by atoms with Crippen LogP contribution in [-0.4, -0.2) is 63.5 Å². The van der Waals surface area contributed by atoms with Gasteiger partial charge in [0.25, 0.3) is 0 Å². The molecule has 1 saturated heterocycles. The van der Waals surface area contributed by atoms with Gasteiger partial charge in [0.15, 0.2) is 0 Å². The highest BCUT2D eigenvalue weighted by molar-refractivity contribution is 4.87. The van der Waals surface area contributed by atoms with Crippen molar-refractivity contribution in [1.29, 1.82) is 0 Å². The number of nitrogens with one attached hydrogen (secondary N) is 1. The molecular formula is C14H30N2O2. The molecule has 0 aromatic heterocycles. The highest BCUT2D eigenvalue weighted by Crippen LogP contribution is 2.14. The Labute approximate surface area is 112 Å². The predicted octanol–water partition coefficient (Wildman–Crippen LogP) is 1.50. The Kier molecular flexibility index (Phi) is 7.82. The van der Waals surface area contributed by atoms with Crippen molar-refractivity contribution in [1.82, 2.24) is 10.2 Å². The molecule has 4 heteroatoms. The van der Waals surface area contributed by atoms with Crippen molar-refractivity contribution in [2.24, 2.45) is 0 Å². The third-order valence-corrected chi connectivity index (χ3v) is 3.74. The molecule has 0 radical (unpaired) electrons. The van der Waals surface area contributed by atoms with E-state index in [2.05, 4.69) is 24.1 Å². The molecular weight excluding hydrogens is 228 g/mol. The summed E-state index contributed by atoms with van der Waals surface area (Å²) in [6.45, 7) is 11.5. The largest absolute Gasteiger partial charge is 0.385 e. The van der Waals surface area contributed by atoms with Crippen LogP contribution < -0.4 is 5.32 Å². The Balaban J connectivity index is 2.16. The van der Waals surface area contributed by atoms with Gasteiger partial charge in [0.05, 0.1) is 6.61 Å². The van der Waals surface area contributed by atoms with Crippen molar-refractivity contribution in [3.05, 3.63) is 0 Å². The monoisotopic (exact) mass is 258 g/mol. The van der Waals surface area contributed by atoms with Gasteiger partial charge in [-0.3, -0.25) is 4.90 Å². The molecule has 0 saturated carbocycles. The van der Waals surface area contributed by atoms with E-state index in [0.29, 0.717) is 0 Å². The second-order valence-electron chi connectivity index (χ2n) is 5.43. The molecule has 1 aliphatic rings. The molecule has 0 bridgehead atoms. The number of methoxy groups -OCH3 is 1. The average molecular weight is 258 g/mol. The van der Waals surface area contributed by atoms with Crippen LogP contribution in [-0.2, 0) is 9.47 Å². The number of hydrogen-bond acceptors (Lipinski definition) is 4. The molecule has 1 N–H and O–H groups in total. The van der Waals surface area contributed by atoms with Gasteiger partial charge in [-0.05, 0) is 39.3 Å². The molecule has 18 heavy (non-hydrogen) atoms. The van der Waals surface area contributed by atoms with Gasteiger partial charge in [0.2, 0.25) is 0 Å². The third kappa shape index (κ3) is 6.14. The fourth-order valence-corrected chi connectivity index (χ4v) is 2.35. The van der Waals surface area contributed by atoms with E-state index in [1.54, 1.807) is 7.11 Å². The molecule has 1 aliphatic heterocycles. The summed E-state index contributed by atoms with van der Waals surface area (Å²) >= 11 is 0. The van der Waals surface area contributed by atoms with E-state index < -0.39 is 0 Å². The summed E-state index contributed by atoms with van der Waals surface area (Å²) in [5, 5.41) is 3.66. The number of rotatable bonds is 8. The van der Waals surface area contributed by atoms with Gasteiger partial charge in [-0.2, -0.15) is 0 Å². The van der Waals surface area contributed by atoms with Crippen LogP contribution in [0.5, 0.6) is 0 Å². The van der Waals surface area contributed by atoms with Crippen LogP contribution in [0, 0.1) is 0 Å². The fourth-order valence-electron chi connectivity index (χ4n) is 2.35. The van der Waals surface area contributed by atoms with Gasteiger partial charge in [-0.15, -0.1) is 0 Å². The van der Waals surface area contributed by atoms with Crippen LogP contribution in [0.2, 0.25) is 0 Å². The van der Waals surface area contributed by atoms with Gasteiger partial charge in [-0.1, -0.05) is 6.92 Å². The molecule has 0 aliphatic carbocycles. The Morgan fingerprint density at radius 2 is 2.11 bits per heavy atom. The minimum absolute atomic E-state index is 0.270. The molecule has 108 valence electrons. The van der Waals surface area contributed by atoms with E-state index in [9.17, 15) is 0 Å². The van der Waals surface area contributed by atoms with Gasteiger partial charge in [-0.25, -0.2) is 0 Å². The summed E-state index contributed by atoms with van der Waals surface area (Å²) < 4.78 is 10.6. The highest BCUT2D eigenvalue weighted by Gasteiger charge is 2.26. The van der Waals surface area contributed by atoms with Gasteiger partial charge < -0.3 is 14.8 Å². The van der Waals surface area contributed by atoms with Gasteiger partial charge >= 0.3 is 0 Å². The molecule has 4 nitrogen and oxygen atoms in total. The molecule has 1 rings (SSSR count). The third-order valence-electron chi connectivity index (χ3n) is 3.74. The standard InChI is InChI=1S/C14H30N2O2/c1-4-14(2)13-16(8-5-7-15-14)9-12-18-11-6-10-17-3/h15H,4-13H2,1-3H3. The smallest absolute Gasteiger partial charge is 0.0593 e. The van der Waals surface area contributed by atoms with Crippen LogP contribution in [0.15, 0.2) is 0 Å². The lowest BCUT2D eigenvalue weighted by molar-refractivity contribution is 0.0794. The van der Waals surface area contributed by atoms with Crippen molar-refractivity contribution in [2.45, 2.75) is 38.6 Å². The summed E-state index contributed by atoms with van der Waals surface area (Å²) in [5.41, 5.74) is 0.270. The first-order valence-corrected chi connectivity index (χ1v) is 7.24. The molecule has 1 fully saturated rings. The average Bonchev–Trinajstić information content (AvgIpc) is 2.56. The van der Waals surface area contributed by atoms with Crippen LogP contribution in [0.4, 0.5) is 0 Å². The molecule has 0 spiro atoms. The minimum Gasteiger partial charge on any atom is -0.385 e. The first-order valence-electron chi connectivity index (χ1n) is 7.24. The van der Waals surface area contributed by atoms with Crippen molar-refractivity contribution in [3.8, 4) is 0 Å². The van der Waals surface area contributed by atoms with Gasteiger partial charge in [0, 0.05) is 39.0 Å². The maximum Gasteiger partial charge on any atom is 0.0593 e. The van der Waals surface area contributed by atoms with E-state index in [0.717, 1.165) is 45.9 Å². The zero-order chi connectivity index (χ0) is 13.3. The maximum atomic E-state index is 5.64. The maximum absolute atomic E-state index is 5.64. The zero-order valence-electron chi connectivity index (χ0n) is 12.3. The molecule has 0 aromatic carbocycles. The summed E-state index contributed by atoms with van der Waals surface area (Å²) in [6.07, 6.45) is 3.40. The van der Waals surface area contributed by atoms with Crippen molar-refractivity contribution in [3.63, 3.8) is 0 Å².